The predicted molar refractivity (Wildman–Crippen MR) is 217 cm³/mol. The first-order valence-electron chi connectivity index (χ1n) is 18.8. The molecule has 0 saturated heterocycles. The Hall–Kier alpha value is -6.44. The molecular formula is C44H49N7O6. The van der Waals surface area contributed by atoms with Crippen molar-refractivity contribution in [1.82, 2.24) is 31.6 Å². The minimum absolute atomic E-state index is 0.0196. The molecule has 0 aliphatic heterocycles. The van der Waals surface area contributed by atoms with E-state index in [0.29, 0.717) is 5.52 Å². The van der Waals surface area contributed by atoms with Gasteiger partial charge in [-0.2, -0.15) is 0 Å². The number of nitrogens with zero attached hydrogens (tertiary/aromatic N) is 1. The van der Waals surface area contributed by atoms with Gasteiger partial charge < -0.3 is 32.1 Å². The van der Waals surface area contributed by atoms with Crippen molar-refractivity contribution in [2.24, 2.45) is 11.7 Å². The number of benzene rings is 4. The van der Waals surface area contributed by atoms with E-state index < -0.39 is 66.2 Å². The molecule has 5 aromatic rings. The molecule has 1 aromatic heterocycles. The van der Waals surface area contributed by atoms with E-state index in [4.69, 9.17) is 5.73 Å². The number of carbonyl (C=O) groups is 5. The predicted octanol–water partition coefficient (Wildman–Crippen LogP) is 2.91. The molecule has 0 bridgehead atoms. The minimum Gasteiger partial charge on any atom is -0.389 e. The second-order valence-electron chi connectivity index (χ2n) is 14.2. The molecule has 0 radical (unpaired) electrons. The summed E-state index contributed by atoms with van der Waals surface area (Å²) < 4.78 is 0. The van der Waals surface area contributed by atoms with Crippen molar-refractivity contribution in [3.63, 3.8) is 0 Å². The summed E-state index contributed by atoms with van der Waals surface area (Å²) in [6.07, 6.45) is -2.09. The Kier molecular flexibility index (Phi) is 15.0. The Morgan fingerprint density at radius 3 is 1.82 bits per heavy atom. The lowest BCUT2D eigenvalue weighted by Crippen LogP contribution is -2.63. The highest BCUT2D eigenvalue weighted by molar-refractivity contribution is 5.99. The number of amides is 5. The Bertz CT molecular complexity index is 2120. The van der Waals surface area contributed by atoms with Gasteiger partial charge >= 0.3 is 0 Å². The van der Waals surface area contributed by atoms with Gasteiger partial charge in [-0.25, -0.2) is 4.98 Å². The molecule has 4 aromatic carbocycles. The maximum atomic E-state index is 14.3. The van der Waals surface area contributed by atoms with E-state index in [-0.39, 0.29) is 31.1 Å². The third kappa shape index (κ3) is 12.3. The molecule has 8 N–H and O–H groups in total. The zero-order chi connectivity index (χ0) is 40.7. The zero-order valence-corrected chi connectivity index (χ0v) is 31.9. The lowest BCUT2D eigenvalue weighted by Gasteiger charge is -2.33. The van der Waals surface area contributed by atoms with Crippen molar-refractivity contribution >= 4 is 40.4 Å². The highest BCUT2D eigenvalue weighted by Gasteiger charge is 2.37. The van der Waals surface area contributed by atoms with Gasteiger partial charge in [0, 0.05) is 18.5 Å². The van der Waals surface area contributed by atoms with E-state index in [1.807, 2.05) is 78.9 Å². The molecule has 5 atom stereocenters. The van der Waals surface area contributed by atoms with Gasteiger partial charge in [0.15, 0.2) is 0 Å². The second kappa shape index (κ2) is 20.5. The smallest absolute Gasteiger partial charge is 0.270 e. The van der Waals surface area contributed by atoms with Crippen molar-refractivity contribution < 1.29 is 29.1 Å². The molecule has 0 unspecified atom stereocenters. The molecular weight excluding hydrogens is 723 g/mol. The van der Waals surface area contributed by atoms with Crippen LogP contribution in [0.1, 0.15) is 47.4 Å². The van der Waals surface area contributed by atoms with Gasteiger partial charge in [0.05, 0.1) is 24.1 Å². The molecule has 5 rings (SSSR count). The fourth-order valence-corrected chi connectivity index (χ4v) is 6.34. The van der Waals surface area contributed by atoms with Crippen LogP contribution in [0.4, 0.5) is 0 Å². The Morgan fingerprint density at radius 1 is 0.632 bits per heavy atom. The van der Waals surface area contributed by atoms with E-state index in [2.05, 4.69) is 31.6 Å². The molecule has 0 aliphatic carbocycles. The normalized spacial score (nSPS) is 13.8. The van der Waals surface area contributed by atoms with Crippen molar-refractivity contribution in [3.8, 4) is 0 Å². The van der Waals surface area contributed by atoms with Gasteiger partial charge in [-0.1, -0.05) is 129 Å². The number of nitrogens with two attached hydrogens (primary N) is 1. The van der Waals surface area contributed by atoms with Gasteiger partial charge in [-0.3, -0.25) is 29.3 Å². The quantitative estimate of drug-likeness (QED) is 0.0664. The number of para-hydroxylation sites is 1. The molecule has 0 spiro atoms. The van der Waals surface area contributed by atoms with Gasteiger partial charge in [0.25, 0.3) is 5.91 Å². The van der Waals surface area contributed by atoms with Crippen molar-refractivity contribution in [3.05, 3.63) is 150 Å². The largest absolute Gasteiger partial charge is 0.389 e. The number of nitrogens with one attached hydrogen (secondary N) is 5. The summed E-state index contributed by atoms with van der Waals surface area (Å²) >= 11 is 0. The summed E-state index contributed by atoms with van der Waals surface area (Å²) in [5.74, 6) is -3.79. The topological polar surface area (TPSA) is 205 Å². The summed E-state index contributed by atoms with van der Waals surface area (Å²) in [5.41, 5.74) is 8.54. The zero-order valence-electron chi connectivity index (χ0n) is 31.9. The SMILES string of the molecule is CC(C)[C@H](NC(=O)[C@H](NCc1ccccc1)[C@H](O)[C@H](Cc1ccccc1)NC(=O)[C@H](CC(N)=O)NC(=O)c1ccc2ccccc2n1)C(=O)NCc1ccccc1. The van der Waals surface area contributed by atoms with Crippen molar-refractivity contribution in [2.75, 3.05) is 0 Å². The summed E-state index contributed by atoms with van der Waals surface area (Å²) in [6.45, 7) is 4.01. The number of hydrogen-bond acceptors (Lipinski definition) is 8. The van der Waals surface area contributed by atoms with E-state index in [1.54, 1.807) is 56.3 Å². The summed E-state index contributed by atoms with van der Waals surface area (Å²) in [7, 11) is 0. The van der Waals surface area contributed by atoms with Gasteiger partial charge in [0.2, 0.25) is 23.6 Å². The number of aliphatic hydroxyl groups is 1. The van der Waals surface area contributed by atoms with Crippen LogP contribution in [-0.4, -0.2) is 69.9 Å². The van der Waals surface area contributed by atoms with E-state index >= 15 is 0 Å². The Labute approximate surface area is 331 Å². The first-order chi connectivity index (χ1) is 27.5. The highest BCUT2D eigenvalue weighted by Crippen LogP contribution is 2.15. The summed E-state index contributed by atoms with van der Waals surface area (Å²) in [4.78, 5) is 71.8. The molecule has 0 aliphatic rings. The Morgan fingerprint density at radius 2 is 1.21 bits per heavy atom. The van der Waals surface area contributed by atoms with Gasteiger partial charge in [-0.05, 0) is 41.2 Å². The molecule has 13 nitrogen and oxygen atoms in total. The molecule has 0 saturated carbocycles. The number of primary amides is 1. The van der Waals surface area contributed by atoms with Crippen LogP contribution in [0, 0.1) is 5.92 Å². The van der Waals surface area contributed by atoms with Gasteiger partial charge in [0.1, 0.15) is 23.8 Å². The fraction of sp³-hybridized carbons (Fsp3) is 0.273. The minimum atomic E-state index is -1.59. The maximum absolute atomic E-state index is 14.3. The van der Waals surface area contributed by atoms with Crippen LogP contribution in [0.5, 0.6) is 0 Å². The van der Waals surface area contributed by atoms with Gasteiger partial charge in [-0.15, -0.1) is 0 Å². The van der Waals surface area contributed by atoms with Crippen LogP contribution >= 0.6 is 0 Å². The molecule has 57 heavy (non-hydrogen) atoms. The second-order valence-corrected chi connectivity index (χ2v) is 14.2. The van der Waals surface area contributed by atoms with Crippen LogP contribution in [0.25, 0.3) is 10.9 Å². The average molecular weight is 772 g/mol. The van der Waals surface area contributed by atoms with Crippen LogP contribution < -0.4 is 32.3 Å². The summed E-state index contributed by atoms with van der Waals surface area (Å²) in [5, 5.41) is 27.2. The average Bonchev–Trinajstić information content (AvgIpc) is 3.22. The highest BCUT2D eigenvalue weighted by atomic mass is 16.3. The van der Waals surface area contributed by atoms with Crippen LogP contribution in [0.2, 0.25) is 0 Å². The first kappa shape index (κ1) is 41.7. The van der Waals surface area contributed by atoms with Crippen LogP contribution in [-0.2, 0) is 38.7 Å². The molecule has 13 heteroatoms. The third-order valence-corrected chi connectivity index (χ3v) is 9.45. The standard InChI is InChI=1S/C44H49N7O6/c1-28(2)38(43(56)47-27-31-18-10-5-11-19-31)51-44(57)39(46-26-30-16-8-4-9-17-30)40(53)35(24-29-14-6-3-7-15-29)49-42(55)36(25-37(45)52)50-41(54)34-23-22-32-20-12-13-21-33(32)48-34/h3-23,28,35-36,38-40,46,53H,24-27H2,1-2H3,(H2,45,52)(H,47,56)(H,49,55)(H,50,54)(H,51,57)/t35-,36-,38-,39+,40+/m0/s1. The Balaban J connectivity index is 1.40. The first-order valence-corrected chi connectivity index (χ1v) is 18.8. The third-order valence-electron chi connectivity index (χ3n) is 9.45. The summed E-state index contributed by atoms with van der Waals surface area (Å²) in [6, 6.07) is 33.2. The molecule has 296 valence electrons. The van der Waals surface area contributed by atoms with E-state index in [1.165, 1.54) is 6.07 Å². The molecule has 0 fully saturated rings. The maximum Gasteiger partial charge on any atom is 0.270 e. The number of rotatable bonds is 19. The van der Waals surface area contributed by atoms with Crippen molar-refractivity contribution in [1.29, 1.82) is 0 Å². The number of hydrogen-bond donors (Lipinski definition) is 7. The van der Waals surface area contributed by atoms with E-state index in [0.717, 1.165) is 22.1 Å². The van der Waals surface area contributed by atoms with Crippen LogP contribution in [0.15, 0.2) is 127 Å². The number of pyridine rings is 1. The lowest BCUT2D eigenvalue weighted by molar-refractivity contribution is -0.134. The fourth-order valence-electron chi connectivity index (χ4n) is 6.34. The van der Waals surface area contributed by atoms with E-state index in [9.17, 15) is 29.1 Å². The number of fused-ring (bicyclic) bond motifs is 1. The lowest BCUT2D eigenvalue weighted by atomic mass is 9.94. The number of aliphatic hydroxyl groups excluding tert-OH is 1. The molecule has 1 heterocycles. The molecule has 5 amide bonds. The van der Waals surface area contributed by atoms with Crippen molar-refractivity contribution in [2.45, 2.75) is 70.0 Å². The number of carbonyl (C=O) groups excluding carboxylic acids is 5. The monoisotopic (exact) mass is 771 g/mol. The number of aromatic nitrogens is 1. The van der Waals surface area contributed by atoms with Crippen LogP contribution in [0.3, 0.4) is 0 Å².